The molecule has 1 N–H and O–H groups in total. The summed E-state index contributed by atoms with van der Waals surface area (Å²) in [5.74, 6) is 0.0757. The quantitative estimate of drug-likeness (QED) is 0.660. The predicted octanol–water partition coefficient (Wildman–Crippen LogP) is 3.44. The Morgan fingerprint density at radius 2 is 1.75 bits per heavy atom. The molecule has 2 fully saturated rings. The van der Waals surface area contributed by atoms with Crippen LogP contribution in [0, 0.1) is 0 Å². The number of carbonyl (C=O) groups excluding carboxylic acids is 3. The van der Waals surface area contributed by atoms with Crippen LogP contribution in [0.1, 0.15) is 32.8 Å². The molecule has 4 rings (SSSR count). The molecule has 9 nitrogen and oxygen atoms in total. The zero-order valence-corrected chi connectivity index (χ0v) is 21.1. The Morgan fingerprint density at radius 1 is 1.06 bits per heavy atom. The highest BCUT2D eigenvalue weighted by Crippen LogP contribution is 2.30. The average Bonchev–Trinajstić information content (AvgIpc) is 3.26. The predicted molar refractivity (Wildman–Crippen MR) is 133 cm³/mol. The van der Waals surface area contributed by atoms with E-state index in [1.807, 2.05) is 51.1 Å². The molecule has 36 heavy (non-hydrogen) atoms. The molecule has 2 aromatic rings. The van der Waals surface area contributed by atoms with Gasteiger partial charge in [-0.2, -0.15) is 0 Å². The summed E-state index contributed by atoms with van der Waals surface area (Å²) in [6.45, 7) is 6.40. The molecule has 2 saturated heterocycles. The summed E-state index contributed by atoms with van der Waals surface area (Å²) in [4.78, 5) is 42.3. The van der Waals surface area contributed by atoms with Crippen molar-refractivity contribution in [2.45, 2.75) is 57.6 Å². The van der Waals surface area contributed by atoms with Crippen molar-refractivity contribution in [3.63, 3.8) is 0 Å². The average molecular weight is 496 g/mol. The third-order valence-corrected chi connectivity index (χ3v) is 6.13. The monoisotopic (exact) mass is 495 g/mol. The van der Waals surface area contributed by atoms with Gasteiger partial charge >= 0.3 is 6.09 Å². The van der Waals surface area contributed by atoms with Crippen molar-refractivity contribution < 1.29 is 28.6 Å². The normalized spacial score (nSPS) is 21.7. The van der Waals surface area contributed by atoms with Crippen LogP contribution in [0.4, 0.5) is 10.5 Å². The molecule has 2 aliphatic rings. The number of carbonyl (C=O) groups is 3. The molecule has 192 valence electrons. The number of amides is 3. The van der Waals surface area contributed by atoms with Gasteiger partial charge in [0.1, 0.15) is 17.5 Å². The minimum Gasteiger partial charge on any atom is -0.497 e. The number of hydrogen-bond donors (Lipinski definition) is 1. The van der Waals surface area contributed by atoms with Crippen LogP contribution in [0.2, 0.25) is 0 Å². The zero-order valence-electron chi connectivity index (χ0n) is 21.1. The standard InChI is InChI=1S/C27H33N3O6/c1-27(2,3)36-26(33)29-16-21-23(17-29)35-22(25(32)30(21)15-18-8-6-5-7-9-18)14-24(31)28-19-10-12-20(34-4)13-11-19/h5-13,21-23H,14-17H2,1-4H3,(H,28,31). The molecule has 3 unspecified atom stereocenters. The molecule has 9 heteroatoms. The molecular formula is C27H33N3O6. The Labute approximate surface area is 211 Å². The molecule has 0 spiro atoms. The van der Waals surface area contributed by atoms with E-state index in [-0.39, 0.29) is 30.8 Å². The van der Waals surface area contributed by atoms with Crippen LogP contribution in [0.3, 0.4) is 0 Å². The fourth-order valence-electron chi connectivity index (χ4n) is 4.45. The third kappa shape index (κ3) is 6.15. The van der Waals surface area contributed by atoms with Crippen LogP contribution in [0.5, 0.6) is 5.75 Å². The van der Waals surface area contributed by atoms with Crippen molar-refractivity contribution in [3.05, 3.63) is 60.2 Å². The number of ether oxygens (including phenoxy) is 3. The van der Waals surface area contributed by atoms with Gasteiger partial charge < -0.3 is 29.3 Å². The SMILES string of the molecule is COc1ccc(NC(=O)CC2OC3CN(C(=O)OC(C)(C)C)CC3N(Cc3ccccc3)C2=O)cc1. The van der Waals surface area contributed by atoms with Crippen LogP contribution in [0.15, 0.2) is 54.6 Å². The minimum atomic E-state index is -0.952. The van der Waals surface area contributed by atoms with E-state index < -0.39 is 23.9 Å². The van der Waals surface area contributed by atoms with E-state index in [0.29, 0.717) is 24.5 Å². The second kappa shape index (κ2) is 10.6. The molecule has 0 bridgehead atoms. The number of hydrogen-bond acceptors (Lipinski definition) is 6. The van der Waals surface area contributed by atoms with Gasteiger partial charge in [0.25, 0.3) is 5.91 Å². The molecule has 2 aliphatic heterocycles. The van der Waals surface area contributed by atoms with Gasteiger partial charge in [-0.15, -0.1) is 0 Å². The summed E-state index contributed by atoms with van der Waals surface area (Å²) in [6, 6.07) is 16.3. The van der Waals surface area contributed by atoms with Crippen molar-refractivity contribution >= 4 is 23.6 Å². The molecule has 3 atom stereocenters. The largest absolute Gasteiger partial charge is 0.497 e. The highest BCUT2D eigenvalue weighted by Gasteiger charge is 2.49. The van der Waals surface area contributed by atoms with E-state index in [4.69, 9.17) is 14.2 Å². The van der Waals surface area contributed by atoms with Gasteiger partial charge in [0.05, 0.1) is 32.2 Å². The minimum absolute atomic E-state index is 0.133. The van der Waals surface area contributed by atoms with Crippen LogP contribution < -0.4 is 10.1 Å². The van der Waals surface area contributed by atoms with E-state index in [2.05, 4.69) is 5.32 Å². The highest BCUT2D eigenvalue weighted by atomic mass is 16.6. The second-order valence-corrected chi connectivity index (χ2v) is 10.0. The molecule has 0 radical (unpaired) electrons. The molecular weight excluding hydrogens is 462 g/mol. The maximum atomic E-state index is 13.5. The Morgan fingerprint density at radius 3 is 2.39 bits per heavy atom. The lowest BCUT2D eigenvalue weighted by Crippen LogP contribution is -2.58. The number of nitrogens with one attached hydrogen (secondary N) is 1. The van der Waals surface area contributed by atoms with Gasteiger partial charge in [-0.3, -0.25) is 9.59 Å². The van der Waals surface area contributed by atoms with Crippen LogP contribution in [-0.4, -0.2) is 71.8 Å². The van der Waals surface area contributed by atoms with Crippen molar-refractivity contribution in [2.75, 3.05) is 25.5 Å². The van der Waals surface area contributed by atoms with Gasteiger partial charge in [-0.1, -0.05) is 30.3 Å². The lowest BCUT2D eigenvalue weighted by atomic mass is 10.0. The van der Waals surface area contributed by atoms with Crippen molar-refractivity contribution in [2.24, 2.45) is 0 Å². The topological polar surface area (TPSA) is 97.4 Å². The van der Waals surface area contributed by atoms with Gasteiger partial charge in [0.2, 0.25) is 5.91 Å². The maximum Gasteiger partial charge on any atom is 0.410 e. The van der Waals surface area contributed by atoms with Gasteiger partial charge in [0.15, 0.2) is 0 Å². The number of fused-ring (bicyclic) bond motifs is 1. The fourth-order valence-corrected chi connectivity index (χ4v) is 4.45. The maximum absolute atomic E-state index is 13.5. The number of rotatable bonds is 6. The van der Waals surface area contributed by atoms with Crippen LogP contribution in [-0.2, 0) is 25.6 Å². The summed E-state index contributed by atoms with van der Waals surface area (Å²) >= 11 is 0. The zero-order chi connectivity index (χ0) is 25.9. The van der Waals surface area contributed by atoms with E-state index in [1.54, 1.807) is 41.2 Å². The fraction of sp³-hybridized carbons (Fsp3) is 0.444. The van der Waals surface area contributed by atoms with Crippen LogP contribution >= 0.6 is 0 Å². The van der Waals surface area contributed by atoms with Crippen molar-refractivity contribution in [1.29, 1.82) is 0 Å². The number of methoxy groups -OCH3 is 1. The van der Waals surface area contributed by atoms with Crippen LogP contribution in [0.25, 0.3) is 0 Å². The smallest absolute Gasteiger partial charge is 0.410 e. The summed E-state index contributed by atoms with van der Waals surface area (Å²) in [5.41, 5.74) is 0.927. The molecule has 3 amide bonds. The summed E-state index contributed by atoms with van der Waals surface area (Å²) in [7, 11) is 1.57. The number of morpholine rings is 1. The van der Waals surface area contributed by atoms with E-state index in [9.17, 15) is 14.4 Å². The molecule has 2 aromatic carbocycles. The number of nitrogens with zero attached hydrogens (tertiary/aromatic N) is 2. The van der Waals surface area contributed by atoms with Gasteiger partial charge in [-0.05, 0) is 50.6 Å². The first-order chi connectivity index (χ1) is 17.1. The van der Waals surface area contributed by atoms with Crippen molar-refractivity contribution in [3.8, 4) is 5.75 Å². The second-order valence-electron chi connectivity index (χ2n) is 10.0. The Hall–Kier alpha value is -3.59. The molecule has 2 heterocycles. The Bertz CT molecular complexity index is 1080. The highest BCUT2D eigenvalue weighted by molar-refractivity contribution is 5.95. The third-order valence-electron chi connectivity index (χ3n) is 6.13. The number of benzene rings is 2. The lowest BCUT2D eigenvalue weighted by Gasteiger charge is -2.40. The molecule has 0 saturated carbocycles. The first-order valence-electron chi connectivity index (χ1n) is 12.0. The number of anilines is 1. The summed E-state index contributed by atoms with van der Waals surface area (Å²) in [5, 5.41) is 2.81. The first kappa shape index (κ1) is 25.5. The Kier molecular flexibility index (Phi) is 7.49. The first-order valence-corrected chi connectivity index (χ1v) is 12.0. The van der Waals surface area contributed by atoms with Gasteiger partial charge in [-0.25, -0.2) is 4.79 Å². The van der Waals surface area contributed by atoms with E-state index >= 15 is 0 Å². The van der Waals surface area contributed by atoms with E-state index in [1.165, 1.54) is 0 Å². The number of likely N-dealkylation sites (tertiary alicyclic amines) is 1. The Balaban J connectivity index is 1.49. The molecule has 0 aliphatic carbocycles. The van der Waals surface area contributed by atoms with Gasteiger partial charge in [0, 0.05) is 18.8 Å². The van der Waals surface area contributed by atoms with E-state index in [0.717, 1.165) is 5.56 Å². The summed E-state index contributed by atoms with van der Waals surface area (Å²) < 4.78 is 16.8. The summed E-state index contributed by atoms with van der Waals surface area (Å²) in [6.07, 6.45) is -1.95. The van der Waals surface area contributed by atoms with Crippen molar-refractivity contribution in [1.82, 2.24) is 9.80 Å². The molecule has 0 aromatic heterocycles. The lowest BCUT2D eigenvalue weighted by molar-refractivity contribution is -0.169.